The second-order valence-electron chi connectivity index (χ2n) is 4.78. The number of nitrogens with zero attached hydrogens (tertiary/aromatic N) is 1. The van der Waals surface area contributed by atoms with Gasteiger partial charge in [-0.15, -0.1) is 0 Å². The van der Waals surface area contributed by atoms with Crippen LogP contribution in [0.25, 0.3) is 0 Å². The molecule has 2 rings (SSSR count). The molecule has 1 unspecified atom stereocenters. The highest BCUT2D eigenvalue weighted by atomic mass is 35.5. The molecule has 0 heterocycles. The van der Waals surface area contributed by atoms with Crippen molar-refractivity contribution in [3.8, 4) is 0 Å². The number of anilines is 1. The Morgan fingerprint density at radius 2 is 1.81 bits per heavy atom. The topological polar surface area (TPSA) is 40.5 Å². The quantitative estimate of drug-likeness (QED) is 0.870. The first-order valence-corrected chi connectivity index (χ1v) is 7.17. The fourth-order valence-corrected chi connectivity index (χ4v) is 2.69. The fourth-order valence-electron chi connectivity index (χ4n) is 2.14. The van der Waals surface area contributed by atoms with Crippen LogP contribution in [0.4, 0.5) is 5.69 Å². The predicted molar refractivity (Wildman–Crippen MR) is 86.7 cm³/mol. The van der Waals surface area contributed by atoms with Crippen LogP contribution >= 0.6 is 23.2 Å². The second kappa shape index (κ2) is 6.37. The van der Waals surface area contributed by atoms with Gasteiger partial charge in [-0.2, -0.15) is 0 Å². The summed E-state index contributed by atoms with van der Waals surface area (Å²) in [6, 6.07) is 12.6. The number of hydrogen-bond acceptors (Lipinski definition) is 2. The predicted octanol–water partition coefficient (Wildman–Crippen LogP) is 4.89. The fraction of sp³-hybridized carbons (Fsp3) is 0.188. The van der Waals surface area contributed by atoms with E-state index in [4.69, 9.17) is 28.3 Å². The van der Waals surface area contributed by atoms with Crippen molar-refractivity contribution >= 4 is 34.9 Å². The molecule has 0 fully saturated rings. The number of hydrogen-bond donors (Lipinski definition) is 1. The van der Waals surface area contributed by atoms with Crippen LogP contribution in [-0.4, -0.2) is 18.1 Å². The van der Waals surface area contributed by atoms with Gasteiger partial charge >= 0.3 is 5.97 Å². The average Bonchev–Trinajstić information content (AvgIpc) is 2.45. The molecular formula is C16H15Cl2NO2. The Labute approximate surface area is 133 Å². The van der Waals surface area contributed by atoms with Gasteiger partial charge in [0.15, 0.2) is 0 Å². The van der Waals surface area contributed by atoms with Gasteiger partial charge in [0.1, 0.15) is 0 Å². The van der Waals surface area contributed by atoms with Crippen LogP contribution in [0, 0.1) is 0 Å². The van der Waals surface area contributed by atoms with E-state index >= 15 is 0 Å². The summed E-state index contributed by atoms with van der Waals surface area (Å²) in [7, 11) is 1.92. The average molecular weight is 324 g/mol. The Morgan fingerprint density at radius 3 is 2.38 bits per heavy atom. The monoisotopic (exact) mass is 323 g/mol. The van der Waals surface area contributed by atoms with Gasteiger partial charge in [0, 0.05) is 17.8 Å². The highest BCUT2D eigenvalue weighted by Crippen LogP contribution is 2.31. The number of carboxylic acid groups (broad SMARTS) is 1. The van der Waals surface area contributed by atoms with Crippen molar-refractivity contribution in [2.45, 2.75) is 13.0 Å². The summed E-state index contributed by atoms with van der Waals surface area (Å²) in [6.07, 6.45) is 0. The highest BCUT2D eigenvalue weighted by Gasteiger charge is 2.17. The molecule has 0 radical (unpaired) electrons. The molecule has 0 amide bonds. The molecule has 21 heavy (non-hydrogen) atoms. The Hall–Kier alpha value is -1.71. The maximum atomic E-state index is 11.0. The van der Waals surface area contributed by atoms with Crippen molar-refractivity contribution in [3.05, 3.63) is 63.6 Å². The van der Waals surface area contributed by atoms with Gasteiger partial charge < -0.3 is 10.0 Å². The molecule has 1 N–H and O–H groups in total. The summed E-state index contributed by atoms with van der Waals surface area (Å²) in [5.41, 5.74) is 1.93. The lowest BCUT2D eigenvalue weighted by atomic mass is 10.1. The summed E-state index contributed by atoms with van der Waals surface area (Å²) in [5, 5.41) is 9.92. The van der Waals surface area contributed by atoms with Crippen molar-refractivity contribution < 1.29 is 9.90 Å². The maximum absolute atomic E-state index is 11.0. The number of halogens is 2. The van der Waals surface area contributed by atoms with Crippen LogP contribution < -0.4 is 4.90 Å². The van der Waals surface area contributed by atoms with Gasteiger partial charge in [-0.25, -0.2) is 4.79 Å². The molecule has 0 saturated carbocycles. The SMILES string of the molecule is CC(c1ccccc1Cl)N(C)c1ccc(C(=O)O)c(Cl)c1. The lowest BCUT2D eigenvalue weighted by molar-refractivity contribution is 0.0697. The Balaban J connectivity index is 2.32. The van der Waals surface area contributed by atoms with Crippen molar-refractivity contribution in [2.75, 3.05) is 11.9 Å². The summed E-state index contributed by atoms with van der Waals surface area (Å²) in [4.78, 5) is 13.0. The summed E-state index contributed by atoms with van der Waals surface area (Å²) in [5.74, 6) is -1.03. The molecule has 0 spiro atoms. The van der Waals surface area contributed by atoms with E-state index < -0.39 is 5.97 Å². The number of rotatable bonds is 4. The first kappa shape index (κ1) is 15.7. The second-order valence-corrected chi connectivity index (χ2v) is 5.59. The summed E-state index contributed by atoms with van der Waals surface area (Å²) >= 11 is 12.2. The van der Waals surface area contributed by atoms with Crippen LogP contribution in [0.3, 0.4) is 0 Å². The lowest BCUT2D eigenvalue weighted by Gasteiger charge is -2.28. The molecule has 1 atom stereocenters. The molecule has 0 aliphatic carbocycles. The lowest BCUT2D eigenvalue weighted by Crippen LogP contribution is -2.22. The standard InChI is InChI=1S/C16H15Cl2NO2/c1-10(12-5-3-4-6-14(12)17)19(2)11-7-8-13(16(20)21)15(18)9-11/h3-10H,1-2H3,(H,20,21). The molecule has 2 aromatic carbocycles. The van der Waals surface area contributed by atoms with Crippen LogP contribution in [0.5, 0.6) is 0 Å². The molecule has 110 valence electrons. The molecular weight excluding hydrogens is 309 g/mol. The summed E-state index contributed by atoms with van der Waals surface area (Å²) in [6.45, 7) is 2.03. The number of benzene rings is 2. The summed E-state index contributed by atoms with van der Waals surface area (Å²) < 4.78 is 0. The molecule has 0 saturated heterocycles. The molecule has 0 aromatic heterocycles. The maximum Gasteiger partial charge on any atom is 0.337 e. The van der Waals surface area contributed by atoms with Gasteiger partial charge in [-0.1, -0.05) is 41.4 Å². The molecule has 0 aliphatic heterocycles. The van der Waals surface area contributed by atoms with Gasteiger partial charge in [-0.05, 0) is 36.8 Å². The number of carbonyl (C=O) groups is 1. The largest absolute Gasteiger partial charge is 0.478 e. The van der Waals surface area contributed by atoms with E-state index in [0.717, 1.165) is 11.3 Å². The Kier molecular flexibility index (Phi) is 4.76. The van der Waals surface area contributed by atoms with Crippen LogP contribution in [-0.2, 0) is 0 Å². The van der Waals surface area contributed by atoms with E-state index in [1.54, 1.807) is 12.1 Å². The van der Waals surface area contributed by atoms with Crippen LogP contribution in [0.2, 0.25) is 10.0 Å². The zero-order valence-electron chi connectivity index (χ0n) is 11.7. The van der Waals surface area contributed by atoms with E-state index in [-0.39, 0.29) is 16.6 Å². The molecule has 3 nitrogen and oxygen atoms in total. The van der Waals surface area contributed by atoms with E-state index in [1.165, 1.54) is 6.07 Å². The highest BCUT2D eigenvalue weighted by molar-refractivity contribution is 6.33. The Morgan fingerprint density at radius 1 is 1.14 bits per heavy atom. The number of carboxylic acids is 1. The van der Waals surface area contributed by atoms with Gasteiger partial charge in [0.05, 0.1) is 16.6 Å². The normalized spacial score (nSPS) is 12.0. The van der Waals surface area contributed by atoms with E-state index in [1.807, 2.05) is 43.1 Å². The van der Waals surface area contributed by atoms with Crippen LogP contribution in [0.15, 0.2) is 42.5 Å². The minimum absolute atomic E-state index is 0.0328. The Bertz CT molecular complexity index is 673. The van der Waals surface area contributed by atoms with Gasteiger partial charge in [0.25, 0.3) is 0 Å². The molecule has 5 heteroatoms. The third-order valence-electron chi connectivity index (χ3n) is 3.53. The third kappa shape index (κ3) is 3.31. The minimum Gasteiger partial charge on any atom is -0.478 e. The molecule has 0 aliphatic rings. The van der Waals surface area contributed by atoms with Crippen molar-refractivity contribution in [1.29, 1.82) is 0 Å². The first-order valence-electron chi connectivity index (χ1n) is 6.42. The smallest absolute Gasteiger partial charge is 0.337 e. The first-order chi connectivity index (χ1) is 9.91. The number of aromatic carboxylic acids is 1. The zero-order valence-corrected chi connectivity index (χ0v) is 13.2. The van der Waals surface area contributed by atoms with Gasteiger partial charge in [0.2, 0.25) is 0 Å². The van der Waals surface area contributed by atoms with E-state index in [2.05, 4.69) is 0 Å². The van der Waals surface area contributed by atoms with E-state index in [0.29, 0.717) is 5.02 Å². The van der Waals surface area contributed by atoms with Crippen molar-refractivity contribution in [3.63, 3.8) is 0 Å². The molecule has 2 aromatic rings. The van der Waals surface area contributed by atoms with Crippen molar-refractivity contribution in [1.82, 2.24) is 0 Å². The van der Waals surface area contributed by atoms with Crippen molar-refractivity contribution in [2.24, 2.45) is 0 Å². The van der Waals surface area contributed by atoms with Crippen LogP contribution in [0.1, 0.15) is 28.9 Å². The van der Waals surface area contributed by atoms with Gasteiger partial charge in [-0.3, -0.25) is 0 Å². The molecule has 0 bridgehead atoms. The van der Waals surface area contributed by atoms with E-state index in [9.17, 15) is 4.79 Å². The third-order valence-corrected chi connectivity index (χ3v) is 4.18. The zero-order chi connectivity index (χ0) is 15.6. The minimum atomic E-state index is -1.03.